The number of piperidine rings is 2. The normalized spacial score (nSPS) is 36.1. The van der Waals surface area contributed by atoms with E-state index in [0.29, 0.717) is 70.4 Å². The number of allylic oxidation sites excluding steroid dienone is 1. The monoisotopic (exact) mass is 1370 g/mol. The zero-order chi connectivity index (χ0) is 66.8. The summed E-state index contributed by atoms with van der Waals surface area (Å²) in [6, 6.07) is 33.4. The van der Waals surface area contributed by atoms with E-state index in [1.165, 1.54) is 122 Å². The van der Waals surface area contributed by atoms with E-state index >= 15 is 0 Å². The first kappa shape index (κ1) is 64.7. The second-order valence-electron chi connectivity index (χ2n) is 32.7. The van der Waals surface area contributed by atoms with Crippen molar-refractivity contribution in [3.05, 3.63) is 190 Å². The fourth-order valence-corrected chi connectivity index (χ4v) is 27.2. The van der Waals surface area contributed by atoms with Gasteiger partial charge in [0.05, 0.1) is 23.4 Å². The average molecular weight is 1370 g/mol. The Balaban J connectivity index is 0.739. The van der Waals surface area contributed by atoms with Gasteiger partial charge in [-0.25, -0.2) is 4.98 Å². The summed E-state index contributed by atoms with van der Waals surface area (Å²) < 4.78 is 6.53. The zero-order valence-electron chi connectivity index (χ0n) is 56.9. The van der Waals surface area contributed by atoms with Crippen LogP contribution in [0.2, 0.25) is 0 Å². The van der Waals surface area contributed by atoms with Gasteiger partial charge in [0.25, 0.3) is 0 Å². The van der Waals surface area contributed by atoms with E-state index in [-0.39, 0.29) is 92.0 Å². The number of rotatable bonds is 11. The van der Waals surface area contributed by atoms with Crippen LogP contribution in [0.5, 0.6) is 28.7 Å². The summed E-state index contributed by atoms with van der Waals surface area (Å²) >= 11 is 0. The van der Waals surface area contributed by atoms with Crippen molar-refractivity contribution in [2.24, 2.45) is 51.8 Å². The molecule has 4 spiro atoms. The Labute approximate surface area is 590 Å². The van der Waals surface area contributed by atoms with Gasteiger partial charge in [0, 0.05) is 108 Å². The second-order valence-corrected chi connectivity index (χ2v) is 35.3. The molecule has 0 radical (unpaired) electrons. The van der Waals surface area contributed by atoms with E-state index in [4.69, 9.17) is 15.0 Å². The minimum Gasteiger partial charge on any atom is -0.507 e. The molecule has 99 heavy (non-hydrogen) atoms. The first-order valence-electron chi connectivity index (χ1n) is 37.7. The summed E-state index contributed by atoms with van der Waals surface area (Å²) in [5, 5.41) is 83.0. The van der Waals surface area contributed by atoms with Crippen molar-refractivity contribution in [3.63, 3.8) is 0 Å². The minimum atomic E-state index is -0.598. The highest BCUT2D eigenvalue weighted by Gasteiger charge is 2.80. The Morgan fingerprint density at radius 1 is 0.687 bits per heavy atom. The van der Waals surface area contributed by atoms with E-state index < -0.39 is 11.5 Å². The van der Waals surface area contributed by atoms with Gasteiger partial charge in [-0.05, 0) is 224 Å². The van der Waals surface area contributed by atoms with Gasteiger partial charge in [0.2, 0.25) is 0 Å². The highest BCUT2D eigenvalue weighted by molar-refractivity contribution is 8.76. The number of aliphatic hydroxyl groups excluding tert-OH is 1. The molecule has 5 saturated carbocycles. The second kappa shape index (κ2) is 25.5. The van der Waals surface area contributed by atoms with Crippen LogP contribution >= 0.6 is 21.6 Å². The van der Waals surface area contributed by atoms with Crippen LogP contribution in [-0.2, 0) is 29.4 Å². The maximum absolute atomic E-state index is 13.6. The molecular weight excluding hydrogens is 1270 g/mol. The Hall–Kier alpha value is -6.43. The molecule has 6 aliphatic carbocycles. The maximum atomic E-state index is 13.6. The molecule has 13 nitrogen and oxygen atoms in total. The lowest BCUT2D eigenvalue weighted by atomic mass is 9.30. The van der Waals surface area contributed by atoms with Crippen molar-refractivity contribution in [2.45, 2.75) is 182 Å². The van der Waals surface area contributed by atoms with Gasteiger partial charge in [0.1, 0.15) is 5.75 Å². The summed E-state index contributed by atoms with van der Waals surface area (Å²) in [5.74, 6) is 3.75. The van der Waals surface area contributed by atoms with Crippen LogP contribution in [0, 0.1) is 51.8 Å². The first-order chi connectivity index (χ1) is 48.3. The van der Waals surface area contributed by atoms with Gasteiger partial charge in [-0.1, -0.05) is 144 Å². The Morgan fingerprint density at radius 2 is 1.54 bits per heavy atom. The SMILES string of the molecule is Oc1ccc(/C=C/c2c(CCc3ccc([C@H]4C[C@]56C[C@@H]7N[C@H](C5)C(=C[C@H]7c5ccccc5)CNC[C@@H](c5c[nH]c(C[C@@H]7CCOC8(CCCC8)C7)c5)CSSC[C@@H]5CC[C@H]7C[C@@H]6[C@H](N4)[C@]4(c6cnc[nH]6)[C@@H]6[C@H](O)C=C[C@H]8CCC[C@@]68CC[C@]574)cc3)c(O)c(O)c3c(O)cccc23)cc1O. The zero-order valence-corrected chi connectivity index (χ0v) is 58.5. The maximum Gasteiger partial charge on any atom is 0.169 e. The summed E-state index contributed by atoms with van der Waals surface area (Å²) in [7, 11) is 4.26. The van der Waals surface area contributed by atoms with Gasteiger partial charge >= 0.3 is 0 Å². The number of phenols is 5. The lowest BCUT2D eigenvalue weighted by Crippen LogP contribution is -2.79. The van der Waals surface area contributed by atoms with Crippen LogP contribution in [0.25, 0.3) is 22.9 Å². The van der Waals surface area contributed by atoms with Gasteiger partial charge in [0.15, 0.2) is 23.0 Å². The van der Waals surface area contributed by atoms with Crippen LogP contribution in [0.15, 0.2) is 140 Å². The van der Waals surface area contributed by atoms with E-state index in [9.17, 15) is 30.6 Å². The van der Waals surface area contributed by atoms with Gasteiger partial charge in [-0.2, -0.15) is 0 Å². The number of imidazole rings is 1. The highest BCUT2D eigenvalue weighted by Crippen LogP contribution is 2.81. The van der Waals surface area contributed by atoms with Crippen LogP contribution in [0.1, 0.15) is 177 Å². The number of phenolic OH excluding ortho intramolecular Hbond substituents is 5. The van der Waals surface area contributed by atoms with Crippen LogP contribution in [-0.4, -0.2) is 107 Å². The van der Waals surface area contributed by atoms with Crippen LogP contribution < -0.4 is 16.0 Å². The highest BCUT2D eigenvalue weighted by atomic mass is 33.1. The molecule has 6 aliphatic heterocycles. The molecule has 8 heterocycles. The van der Waals surface area contributed by atoms with Crippen molar-refractivity contribution < 1.29 is 35.4 Å². The molecule has 12 aliphatic rings. The van der Waals surface area contributed by atoms with Crippen molar-refractivity contribution in [1.29, 1.82) is 0 Å². The summed E-state index contributed by atoms with van der Waals surface area (Å²) in [6.07, 6.45) is 39.1. The van der Waals surface area contributed by atoms with Gasteiger partial charge in [-0.3, -0.25) is 0 Å². The average Bonchev–Trinajstić information content (AvgIpc) is 1.63. The molecule has 7 aromatic rings. The number of hydrogen-bond donors (Lipinski definition) is 11. The molecule has 5 saturated heterocycles. The summed E-state index contributed by atoms with van der Waals surface area (Å²) in [5.41, 5.74) is 10.5. The molecule has 10 fully saturated rings. The number of aromatic hydroxyl groups is 5. The number of nitrogens with zero attached hydrogens (tertiary/aromatic N) is 1. The van der Waals surface area contributed by atoms with Crippen molar-refractivity contribution in [1.82, 2.24) is 30.9 Å². The number of H-pyrrole nitrogens is 2. The number of aryl methyl sites for hydroxylation is 1. The summed E-state index contributed by atoms with van der Waals surface area (Å²) in [4.78, 5) is 13.0. The lowest BCUT2D eigenvalue weighted by Gasteiger charge is -2.76. The third kappa shape index (κ3) is 10.7. The Bertz CT molecular complexity index is 4250. The number of nitrogens with one attached hydrogen (secondary N) is 5. The topological polar surface area (TPSA) is 211 Å². The number of aromatic amines is 2. The van der Waals surface area contributed by atoms with Crippen LogP contribution in [0.4, 0.5) is 0 Å². The van der Waals surface area contributed by atoms with E-state index in [1.807, 2.05) is 18.5 Å². The smallest absolute Gasteiger partial charge is 0.169 e. The first-order valence-corrected chi connectivity index (χ1v) is 40.2. The molecule has 17 atom stereocenters. The van der Waals surface area contributed by atoms with Crippen LogP contribution in [0.3, 0.4) is 0 Å². The Kier molecular flexibility index (Phi) is 16.7. The van der Waals surface area contributed by atoms with Gasteiger partial charge in [-0.15, -0.1) is 0 Å². The molecule has 8 bridgehead atoms. The fraction of sp³-hybridized carbons (Fsp3) is 0.512. The molecule has 518 valence electrons. The van der Waals surface area contributed by atoms with Crippen molar-refractivity contribution >= 4 is 44.5 Å². The molecule has 15 heteroatoms. The molecule has 11 N–H and O–H groups in total. The summed E-state index contributed by atoms with van der Waals surface area (Å²) in [6.45, 7) is 2.62. The molecule has 19 rings (SSSR count). The number of aliphatic hydroxyl groups is 1. The number of hydrogen-bond acceptors (Lipinski definition) is 13. The Morgan fingerprint density at radius 3 is 2.38 bits per heavy atom. The standard InChI is InChI=1S/C84H98N6O7S2/c91-70-25-17-51(35-73(70)94)16-23-62-63-11-6-12-71(92)75(63)77(96)76(95)64(62)24-15-50-13-18-54(19-14-50)67-40-80-41-68-56(37-65(69(42-80)89-68)53-8-2-1-3-9-53)43-85-44-57(55-36-61(87-45-55)34-52-27-33-97-81(39-52)28-4-5-29-81)47-98-99-48-60-21-20-59-38-66(80)79(90-67)84(74-46-86-49-88-74)78-72(93)26-22-58-10-7-30-82(58,78)31-32-83(59,60)84/h1-3,6,8-9,11-14,16-19,22-23,25-26,35-37,45-46,49,52,57-60,65-69,72,78-79,85,87,89-96H,4-5,7,10,15,20-21,24,27-34,38-44,47-48H2,(H,86,88)/b23-16+/t52-,57+,58+,59-,60-,65-,66+,67+,68+,69-,72+,78+,79-,80+,82-,83+,84-/m0/s1. The van der Waals surface area contributed by atoms with E-state index in [2.05, 4.69) is 133 Å². The number of fused-ring (bicyclic) bond motifs is 9. The van der Waals surface area contributed by atoms with Crippen molar-refractivity contribution in [2.75, 3.05) is 31.2 Å². The lowest BCUT2D eigenvalue weighted by molar-refractivity contribution is -0.228. The molecule has 0 amide bonds. The van der Waals surface area contributed by atoms with E-state index in [1.54, 1.807) is 18.2 Å². The number of benzene rings is 5. The predicted molar refractivity (Wildman–Crippen MR) is 395 cm³/mol. The number of ether oxygens (including phenoxy) is 1. The third-order valence-electron chi connectivity index (χ3n) is 28.3. The third-order valence-corrected chi connectivity index (χ3v) is 30.9. The number of aromatic nitrogens is 3. The fourth-order valence-electron chi connectivity index (χ4n) is 24.4. The molecule has 5 aromatic carbocycles. The largest absolute Gasteiger partial charge is 0.507 e. The molecule has 2 aromatic heterocycles. The molecular formula is C84H98N6O7S2. The molecule has 0 unspecified atom stereocenters. The minimum absolute atomic E-state index is 0.00107. The quantitative estimate of drug-likeness (QED) is 0.0252. The van der Waals surface area contributed by atoms with Gasteiger partial charge < -0.3 is 61.3 Å². The predicted octanol–water partition coefficient (Wildman–Crippen LogP) is 15.8. The van der Waals surface area contributed by atoms with Crippen molar-refractivity contribution in [3.8, 4) is 28.7 Å². The van der Waals surface area contributed by atoms with E-state index in [0.717, 1.165) is 81.7 Å².